The number of thioether (sulfide) groups is 1. The SMILES string of the molecule is O=C1N=C(N2CCOCC2)SC1=Cc1cn(-c2ccccc2)nc1-c1ccc(OCc2ccccc2)cc1. The molecule has 0 radical (unpaired) electrons. The number of hydrogen-bond donors (Lipinski definition) is 0. The molecule has 0 spiro atoms. The molecule has 0 N–H and O–H groups in total. The molecule has 0 atom stereocenters. The summed E-state index contributed by atoms with van der Waals surface area (Å²) in [6, 6.07) is 27.9. The van der Waals surface area contributed by atoms with E-state index in [1.54, 1.807) is 0 Å². The second-order valence-electron chi connectivity index (χ2n) is 8.92. The van der Waals surface area contributed by atoms with Gasteiger partial charge in [0.15, 0.2) is 5.17 Å². The molecule has 4 aromatic rings. The first-order valence-electron chi connectivity index (χ1n) is 12.5. The third kappa shape index (κ3) is 5.41. The lowest BCUT2D eigenvalue weighted by atomic mass is 10.1. The standard InChI is InChI=1S/C30H26N4O3S/c35-29-27(38-30(31-29)33-15-17-36-18-16-33)19-24-20-34(25-9-5-2-6-10-25)32-28(24)23-11-13-26(14-12-23)37-21-22-7-3-1-4-8-22/h1-14,19-20H,15-18,21H2. The second kappa shape index (κ2) is 11.1. The van der Waals surface area contributed by atoms with Crippen molar-refractivity contribution in [3.8, 4) is 22.7 Å². The molecule has 2 aliphatic heterocycles. The van der Waals surface area contributed by atoms with Crippen LogP contribution < -0.4 is 4.74 Å². The van der Waals surface area contributed by atoms with Crippen LogP contribution in [0.25, 0.3) is 23.0 Å². The topological polar surface area (TPSA) is 69.0 Å². The predicted molar refractivity (Wildman–Crippen MR) is 150 cm³/mol. The number of hydrogen-bond acceptors (Lipinski definition) is 6. The summed E-state index contributed by atoms with van der Waals surface area (Å²) in [7, 11) is 0. The van der Waals surface area contributed by atoms with Crippen LogP contribution in [0.5, 0.6) is 5.75 Å². The molecule has 7 nitrogen and oxygen atoms in total. The van der Waals surface area contributed by atoms with Gasteiger partial charge in [-0.25, -0.2) is 4.68 Å². The fraction of sp³-hybridized carbons (Fsp3) is 0.167. The van der Waals surface area contributed by atoms with Crippen LogP contribution >= 0.6 is 11.8 Å². The van der Waals surface area contributed by atoms with E-state index < -0.39 is 0 Å². The minimum Gasteiger partial charge on any atom is -0.489 e. The fourth-order valence-electron chi connectivity index (χ4n) is 4.31. The van der Waals surface area contributed by atoms with E-state index in [1.807, 2.05) is 102 Å². The Morgan fingerprint density at radius 3 is 2.37 bits per heavy atom. The highest BCUT2D eigenvalue weighted by Gasteiger charge is 2.28. The number of para-hydroxylation sites is 1. The summed E-state index contributed by atoms with van der Waals surface area (Å²) in [6.45, 7) is 3.27. The first kappa shape index (κ1) is 24.2. The number of aliphatic imine (C=N–C) groups is 1. The van der Waals surface area contributed by atoms with Crippen LogP contribution in [-0.2, 0) is 16.1 Å². The zero-order valence-electron chi connectivity index (χ0n) is 20.7. The largest absolute Gasteiger partial charge is 0.489 e. The zero-order valence-corrected chi connectivity index (χ0v) is 21.5. The molecule has 1 saturated heterocycles. The maximum atomic E-state index is 12.8. The number of amidine groups is 1. The van der Waals surface area contributed by atoms with Crippen molar-refractivity contribution in [1.29, 1.82) is 0 Å². The molecular formula is C30H26N4O3S. The Bertz CT molecular complexity index is 1480. The summed E-state index contributed by atoms with van der Waals surface area (Å²) in [5.74, 6) is 0.560. The predicted octanol–water partition coefficient (Wildman–Crippen LogP) is 5.42. The summed E-state index contributed by atoms with van der Waals surface area (Å²) in [5, 5.41) is 5.63. The quantitative estimate of drug-likeness (QED) is 0.315. The Morgan fingerprint density at radius 2 is 1.63 bits per heavy atom. The Labute approximate surface area is 225 Å². The van der Waals surface area contributed by atoms with E-state index in [-0.39, 0.29) is 5.91 Å². The molecule has 1 fully saturated rings. The molecule has 6 rings (SSSR count). The number of ether oxygens (including phenoxy) is 2. The van der Waals surface area contributed by atoms with Crippen LogP contribution in [0.15, 0.2) is 101 Å². The zero-order chi connectivity index (χ0) is 25.7. The number of benzene rings is 3. The van der Waals surface area contributed by atoms with Crippen molar-refractivity contribution >= 4 is 28.9 Å². The number of rotatable bonds is 6. The van der Waals surface area contributed by atoms with Gasteiger partial charge in [0, 0.05) is 30.4 Å². The molecule has 38 heavy (non-hydrogen) atoms. The number of nitrogens with zero attached hydrogens (tertiary/aromatic N) is 4. The van der Waals surface area contributed by atoms with E-state index >= 15 is 0 Å². The first-order chi connectivity index (χ1) is 18.7. The van der Waals surface area contributed by atoms with Gasteiger partial charge >= 0.3 is 0 Å². The average molecular weight is 523 g/mol. The molecular weight excluding hydrogens is 496 g/mol. The third-order valence-corrected chi connectivity index (χ3v) is 7.36. The summed E-state index contributed by atoms with van der Waals surface area (Å²) in [4.78, 5) is 19.8. The van der Waals surface area contributed by atoms with E-state index in [2.05, 4.69) is 9.89 Å². The highest BCUT2D eigenvalue weighted by molar-refractivity contribution is 8.18. The molecule has 1 aromatic heterocycles. The monoisotopic (exact) mass is 522 g/mol. The van der Waals surface area contributed by atoms with Crippen LogP contribution in [0, 0.1) is 0 Å². The van der Waals surface area contributed by atoms with Crippen molar-refractivity contribution in [3.63, 3.8) is 0 Å². The van der Waals surface area contributed by atoms with E-state index in [9.17, 15) is 4.79 Å². The summed E-state index contributed by atoms with van der Waals surface area (Å²) in [5.41, 5.74) is 4.62. The minimum absolute atomic E-state index is 0.223. The summed E-state index contributed by atoms with van der Waals surface area (Å²) < 4.78 is 13.2. The molecule has 3 heterocycles. The van der Waals surface area contributed by atoms with Gasteiger partial charge in [-0.2, -0.15) is 10.1 Å². The van der Waals surface area contributed by atoms with Crippen molar-refractivity contribution in [2.75, 3.05) is 26.3 Å². The van der Waals surface area contributed by atoms with Gasteiger partial charge in [0.25, 0.3) is 5.91 Å². The van der Waals surface area contributed by atoms with Gasteiger partial charge in [0.1, 0.15) is 12.4 Å². The van der Waals surface area contributed by atoms with E-state index in [1.165, 1.54) is 11.8 Å². The highest BCUT2D eigenvalue weighted by Crippen LogP contribution is 2.34. The van der Waals surface area contributed by atoms with Gasteiger partial charge < -0.3 is 14.4 Å². The molecule has 2 aliphatic rings. The normalized spacial score (nSPS) is 16.6. The molecule has 0 aliphatic carbocycles. The van der Waals surface area contributed by atoms with Crippen LogP contribution in [-0.4, -0.2) is 52.1 Å². The number of amides is 1. The van der Waals surface area contributed by atoms with Crippen LogP contribution in [0.2, 0.25) is 0 Å². The van der Waals surface area contributed by atoms with Crippen molar-refractivity contribution in [2.24, 2.45) is 4.99 Å². The van der Waals surface area contributed by atoms with E-state index in [0.717, 1.165) is 52.1 Å². The minimum atomic E-state index is -0.223. The molecule has 0 saturated carbocycles. The Kier molecular flexibility index (Phi) is 7.06. The third-order valence-electron chi connectivity index (χ3n) is 6.32. The number of carbonyl (C=O) groups excluding carboxylic acids is 1. The first-order valence-corrected chi connectivity index (χ1v) is 13.3. The lowest BCUT2D eigenvalue weighted by Crippen LogP contribution is -2.38. The Balaban J connectivity index is 1.28. The highest BCUT2D eigenvalue weighted by atomic mass is 32.2. The van der Waals surface area contributed by atoms with Gasteiger partial charge in [0.05, 0.1) is 29.5 Å². The lowest BCUT2D eigenvalue weighted by molar-refractivity contribution is -0.113. The van der Waals surface area contributed by atoms with Gasteiger partial charge in [0.2, 0.25) is 0 Å². The van der Waals surface area contributed by atoms with Crippen LogP contribution in [0.3, 0.4) is 0 Å². The smallest absolute Gasteiger partial charge is 0.286 e. The molecule has 0 bridgehead atoms. The van der Waals surface area contributed by atoms with Crippen molar-refractivity contribution < 1.29 is 14.3 Å². The van der Waals surface area contributed by atoms with Crippen molar-refractivity contribution in [3.05, 3.63) is 107 Å². The number of carbonyl (C=O) groups is 1. The van der Waals surface area contributed by atoms with E-state index in [4.69, 9.17) is 14.6 Å². The fourth-order valence-corrected chi connectivity index (χ4v) is 5.27. The van der Waals surface area contributed by atoms with Gasteiger partial charge in [-0.3, -0.25) is 4.79 Å². The molecule has 1 amide bonds. The molecule has 3 aromatic carbocycles. The lowest BCUT2D eigenvalue weighted by Gasteiger charge is -2.27. The van der Waals surface area contributed by atoms with Gasteiger partial charge in [-0.05, 0) is 59.8 Å². The average Bonchev–Trinajstić information content (AvgIpc) is 3.57. The maximum Gasteiger partial charge on any atom is 0.286 e. The Hall–Kier alpha value is -4.14. The maximum absolute atomic E-state index is 12.8. The molecule has 0 unspecified atom stereocenters. The Morgan fingerprint density at radius 1 is 0.921 bits per heavy atom. The van der Waals surface area contributed by atoms with Crippen molar-refractivity contribution in [2.45, 2.75) is 6.61 Å². The molecule has 190 valence electrons. The number of morpholine rings is 1. The summed E-state index contributed by atoms with van der Waals surface area (Å²) in [6.07, 6.45) is 3.85. The van der Waals surface area contributed by atoms with E-state index in [0.29, 0.717) is 24.7 Å². The molecule has 8 heteroatoms. The van der Waals surface area contributed by atoms with Gasteiger partial charge in [-0.1, -0.05) is 48.5 Å². The number of aromatic nitrogens is 2. The van der Waals surface area contributed by atoms with Gasteiger partial charge in [-0.15, -0.1) is 0 Å². The van der Waals surface area contributed by atoms with Crippen molar-refractivity contribution in [1.82, 2.24) is 14.7 Å². The van der Waals surface area contributed by atoms with Crippen LogP contribution in [0.1, 0.15) is 11.1 Å². The second-order valence-corrected chi connectivity index (χ2v) is 9.93. The van der Waals surface area contributed by atoms with Crippen LogP contribution in [0.4, 0.5) is 0 Å². The summed E-state index contributed by atoms with van der Waals surface area (Å²) >= 11 is 1.41.